The summed E-state index contributed by atoms with van der Waals surface area (Å²) in [5, 5.41) is 9.98. The van der Waals surface area contributed by atoms with E-state index >= 15 is 0 Å². The first-order chi connectivity index (χ1) is 5.04. The Morgan fingerprint density at radius 1 is 1.55 bits per heavy atom. The molecule has 1 fully saturated rings. The van der Waals surface area contributed by atoms with Crippen LogP contribution in [0.15, 0.2) is 0 Å². The van der Waals surface area contributed by atoms with Gasteiger partial charge in [0.25, 0.3) is 0 Å². The molecule has 1 aliphatic rings. The van der Waals surface area contributed by atoms with E-state index in [1.165, 1.54) is 12.2 Å². The first-order valence-electron chi connectivity index (χ1n) is 4.34. The summed E-state index contributed by atoms with van der Waals surface area (Å²) in [6.07, 6.45) is 1.18. The number of aliphatic hydroxyl groups is 1. The van der Waals surface area contributed by atoms with Gasteiger partial charge in [-0.15, -0.1) is 0 Å². The molecule has 1 rings (SSSR count). The summed E-state index contributed by atoms with van der Waals surface area (Å²) in [4.78, 5) is 0. The molecule has 1 nitrogen and oxygen atoms in total. The summed E-state index contributed by atoms with van der Waals surface area (Å²) < 4.78 is 0. The predicted octanol–water partition coefficient (Wildman–Crippen LogP) is 2.15. The summed E-state index contributed by atoms with van der Waals surface area (Å²) in [5.41, 5.74) is -0.420. The molecule has 1 heterocycles. The van der Waals surface area contributed by atoms with Crippen LogP contribution in [0.4, 0.5) is 0 Å². The highest BCUT2D eigenvalue weighted by Gasteiger charge is 2.36. The smallest absolute Gasteiger partial charge is 0.0740 e. The molecule has 0 bridgehead atoms. The zero-order chi connectivity index (χ0) is 8.48. The fourth-order valence-electron chi connectivity index (χ4n) is 1.96. The highest BCUT2D eigenvalue weighted by Crippen LogP contribution is 2.36. The van der Waals surface area contributed by atoms with E-state index in [1.807, 2.05) is 18.7 Å². The third-order valence-corrected chi connectivity index (χ3v) is 3.88. The standard InChI is InChI=1S/C9H18OS/c1-7(2)8-4-5-11-6-9(8,3)10/h7-8,10H,4-6H2,1-3H3. The average molecular weight is 174 g/mol. The Bertz CT molecular complexity index is 132. The Hall–Kier alpha value is 0.310. The minimum absolute atomic E-state index is 0.420. The summed E-state index contributed by atoms with van der Waals surface area (Å²) in [5.74, 6) is 3.25. The van der Waals surface area contributed by atoms with E-state index in [1.54, 1.807) is 0 Å². The zero-order valence-corrected chi connectivity index (χ0v) is 8.45. The molecule has 2 unspecified atom stereocenters. The first-order valence-corrected chi connectivity index (χ1v) is 5.49. The van der Waals surface area contributed by atoms with E-state index in [2.05, 4.69) is 13.8 Å². The summed E-state index contributed by atoms with van der Waals surface area (Å²) in [6.45, 7) is 6.38. The van der Waals surface area contributed by atoms with Crippen molar-refractivity contribution in [3.05, 3.63) is 0 Å². The third-order valence-electron chi connectivity index (χ3n) is 2.57. The largest absolute Gasteiger partial charge is 0.389 e. The van der Waals surface area contributed by atoms with Gasteiger partial charge >= 0.3 is 0 Å². The van der Waals surface area contributed by atoms with Gasteiger partial charge in [-0.05, 0) is 30.9 Å². The lowest BCUT2D eigenvalue weighted by Crippen LogP contribution is -2.43. The molecular weight excluding hydrogens is 156 g/mol. The molecule has 2 atom stereocenters. The van der Waals surface area contributed by atoms with Gasteiger partial charge in [-0.2, -0.15) is 11.8 Å². The minimum Gasteiger partial charge on any atom is -0.389 e. The molecule has 0 aromatic heterocycles. The van der Waals surface area contributed by atoms with Gasteiger partial charge in [0, 0.05) is 5.75 Å². The Labute approximate surface area is 73.6 Å². The molecule has 0 amide bonds. The van der Waals surface area contributed by atoms with Crippen molar-refractivity contribution in [2.75, 3.05) is 11.5 Å². The predicted molar refractivity (Wildman–Crippen MR) is 50.9 cm³/mol. The normalized spacial score (nSPS) is 39.5. The molecule has 1 N–H and O–H groups in total. The van der Waals surface area contributed by atoms with Gasteiger partial charge < -0.3 is 5.11 Å². The van der Waals surface area contributed by atoms with Crippen LogP contribution in [0.5, 0.6) is 0 Å². The Balaban J connectivity index is 2.60. The SMILES string of the molecule is CC(C)C1CCSCC1(C)O. The van der Waals surface area contributed by atoms with Crippen LogP contribution in [0.25, 0.3) is 0 Å². The lowest BCUT2D eigenvalue weighted by Gasteiger charge is -2.39. The number of rotatable bonds is 1. The maximum absolute atomic E-state index is 9.98. The first kappa shape index (κ1) is 9.40. The maximum atomic E-state index is 9.98. The average Bonchev–Trinajstić information content (AvgIpc) is 1.85. The lowest BCUT2D eigenvalue weighted by molar-refractivity contribution is -0.00379. The van der Waals surface area contributed by atoms with Gasteiger partial charge in [0.1, 0.15) is 0 Å². The van der Waals surface area contributed by atoms with Crippen LogP contribution in [-0.4, -0.2) is 22.2 Å². The molecule has 66 valence electrons. The fourth-order valence-corrected chi connectivity index (χ4v) is 3.15. The minimum atomic E-state index is -0.420. The van der Waals surface area contributed by atoms with Crippen LogP contribution in [0.1, 0.15) is 27.2 Å². The van der Waals surface area contributed by atoms with Crippen molar-refractivity contribution in [3.63, 3.8) is 0 Å². The molecule has 1 saturated heterocycles. The van der Waals surface area contributed by atoms with E-state index in [4.69, 9.17) is 0 Å². The van der Waals surface area contributed by atoms with Crippen LogP contribution >= 0.6 is 11.8 Å². The van der Waals surface area contributed by atoms with Crippen LogP contribution in [0.2, 0.25) is 0 Å². The van der Waals surface area contributed by atoms with Crippen molar-refractivity contribution in [3.8, 4) is 0 Å². The Kier molecular flexibility index (Phi) is 2.87. The van der Waals surface area contributed by atoms with Crippen molar-refractivity contribution in [1.82, 2.24) is 0 Å². The fraction of sp³-hybridized carbons (Fsp3) is 1.00. The lowest BCUT2D eigenvalue weighted by atomic mass is 9.80. The number of hydrogen-bond donors (Lipinski definition) is 1. The maximum Gasteiger partial charge on any atom is 0.0740 e. The summed E-state index contributed by atoms with van der Waals surface area (Å²) >= 11 is 1.87. The highest BCUT2D eigenvalue weighted by molar-refractivity contribution is 7.99. The Morgan fingerprint density at radius 3 is 2.55 bits per heavy atom. The molecule has 1 aliphatic heterocycles. The van der Waals surface area contributed by atoms with Crippen LogP contribution in [0, 0.1) is 11.8 Å². The number of hydrogen-bond acceptors (Lipinski definition) is 2. The zero-order valence-electron chi connectivity index (χ0n) is 7.63. The van der Waals surface area contributed by atoms with Crippen molar-refractivity contribution in [1.29, 1.82) is 0 Å². The van der Waals surface area contributed by atoms with E-state index in [0.29, 0.717) is 11.8 Å². The monoisotopic (exact) mass is 174 g/mol. The van der Waals surface area contributed by atoms with Crippen LogP contribution < -0.4 is 0 Å². The van der Waals surface area contributed by atoms with Crippen molar-refractivity contribution >= 4 is 11.8 Å². The molecule has 0 aromatic carbocycles. The second-order valence-electron chi connectivity index (χ2n) is 4.05. The van der Waals surface area contributed by atoms with E-state index < -0.39 is 5.60 Å². The van der Waals surface area contributed by atoms with Gasteiger partial charge in [-0.25, -0.2) is 0 Å². The van der Waals surface area contributed by atoms with E-state index in [-0.39, 0.29) is 0 Å². The van der Waals surface area contributed by atoms with Gasteiger partial charge in [0.2, 0.25) is 0 Å². The molecular formula is C9H18OS. The Morgan fingerprint density at radius 2 is 2.18 bits per heavy atom. The van der Waals surface area contributed by atoms with Crippen molar-refractivity contribution in [2.45, 2.75) is 32.8 Å². The summed E-state index contributed by atoms with van der Waals surface area (Å²) in [7, 11) is 0. The van der Waals surface area contributed by atoms with Crippen molar-refractivity contribution < 1.29 is 5.11 Å². The van der Waals surface area contributed by atoms with Gasteiger partial charge in [0.15, 0.2) is 0 Å². The second kappa shape index (κ2) is 3.36. The van der Waals surface area contributed by atoms with Gasteiger partial charge in [0.05, 0.1) is 5.60 Å². The molecule has 0 aromatic rings. The molecule has 11 heavy (non-hydrogen) atoms. The van der Waals surface area contributed by atoms with Crippen LogP contribution in [-0.2, 0) is 0 Å². The van der Waals surface area contributed by atoms with Crippen LogP contribution in [0.3, 0.4) is 0 Å². The third kappa shape index (κ3) is 2.12. The van der Waals surface area contributed by atoms with Gasteiger partial charge in [-0.1, -0.05) is 13.8 Å². The topological polar surface area (TPSA) is 20.2 Å². The second-order valence-corrected chi connectivity index (χ2v) is 5.15. The molecule has 0 saturated carbocycles. The summed E-state index contributed by atoms with van der Waals surface area (Å²) in [6, 6.07) is 0. The van der Waals surface area contributed by atoms with E-state index in [9.17, 15) is 5.11 Å². The number of thioether (sulfide) groups is 1. The molecule has 0 spiro atoms. The molecule has 0 radical (unpaired) electrons. The highest BCUT2D eigenvalue weighted by atomic mass is 32.2. The van der Waals surface area contributed by atoms with E-state index in [0.717, 1.165) is 5.75 Å². The molecule has 2 heteroatoms. The van der Waals surface area contributed by atoms with Crippen molar-refractivity contribution in [2.24, 2.45) is 11.8 Å². The quantitative estimate of drug-likeness (QED) is 0.657. The molecule has 0 aliphatic carbocycles. The van der Waals surface area contributed by atoms with Gasteiger partial charge in [-0.3, -0.25) is 0 Å².